The Bertz CT molecular complexity index is 659. The second-order valence-electron chi connectivity index (χ2n) is 4.76. The Balaban J connectivity index is 2.23. The van der Waals surface area contributed by atoms with E-state index in [9.17, 15) is 9.59 Å². The molecule has 0 N–H and O–H groups in total. The van der Waals surface area contributed by atoms with Gasteiger partial charge >= 0.3 is 5.97 Å². The molecule has 0 aliphatic rings. The minimum Gasteiger partial charge on any atom is -0.469 e. The van der Waals surface area contributed by atoms with E-state index >= 15 is 0 Å². The first-order valence-electron chi connectivity index (χ1n) is 6.92. The van der Waals surface area contributed by atoms with E-state index in [-0.39, 0.29) is 18.3 Å². The van der Waals surface area contributed by atoms with Gasteiger partial charge in [-0.3, -0.25) is 9.59 Å². The van der Waals surface area contributed by atoms with Crippen LogP contribution in [0.1, 0.15) is 29.5 Å². The second kappa shape index (κ2) is 6.43. The Morgan fingerprint density at radius 2 is 2.00 bits per heavy atom. The number of fused-ring (bicyclic) bond motifs is 1. The summed E-state index contributed by atoms with van der Waals surface area (Å²) in [6.45, 7) is 4.56. The van der Waals surface area contributed by atoms with Crippen LogP contribution in [0.25, 0.3) is 11.0 Å². The van der Waals surface area contributed by atoms with E-state index in [1.54, 1.807) is 4.90 Å². The Morgan fingerprint density at radius 1 is 1.29 bits per heavy atom. The van der Waals surface area contributed by atoms with Gasteiger partial charge in [0.1, 0.15) is 5.58 Å². The summed E-state index contributed by atoms with van der Waals surface area (Å²) < 4.78 is 10.3. The molecule has 0 aliphatic heterocycles. The number of rotatable bonds is 5. The Hall–Kier alpha value is -2.30. The molecule has 0 aliphatic carbocycles. The minimum absolute atomic E-state index is 0.176. The molecule has 0 bridgehead atoms. The summed E-state index contributed by atoms with van der Waals surface area (Å²) in [5.74, 6) is -0.194. The van der Waals surface area contributed by atoms with Crippen molar-refractivity contribution in [2.45, 2.75) is 20.3 Å². The number of esters is 1. The van der Waals surface area contributed by atoms with Crippen LogP contribution in [0.2, 0.25) is 0 Å². The van der Waals surface area contributed by atoms with Crippen LogP contribution in [0.15, 0.2) is 28.7 Å². The summed E-state index contributed by atoms with van der Waals surface area (Å²) in [7, 11) is 1.34. The van der Waals surface area contributed by atoms with Gasteiger partial charge in [-0.25, -0.2) is 0 Å². The molecular weight excluding hydrogens is 270 g/mol. The number of para-hydroxylation sites is 1. The lowest BCUT2D eigenvalue weighted by Gasteiger charge is -2.19. The molecule has 0 atom stereocenters. The lowest BCUT2D eigenvalue weighted by Crippen LogP contribution is -2.33. The van der Waals surface area contributed by atoms with Gasteiger partial charge in [0.2, 0.25) is 0 Å². The summed E-state index contributed by atoms with van der Waals surface area (Å²) in [6, 6.07) is 7.54. The third-order valence-corrected chi connectivity index (χ3v) is 3.52. The molecule has 2 aromatic rings. The highest BCUT2D eigenvalue weighted by molar-refractivity contribution is 5.99. The van der Waals surface area contributed by atoms with Crippen molar-refractivity contribution in [2.75, 3.05) is 20.2 Å². The SMILES string of the molecule is CCN(CCC(=O)OC)C(=O)c1oc2ccccc2c1C. The van der Waals surface area contributed by atoms with Gasteiger partial charge in [0.25, 0.3) is 5.91 Å². The zero-order valence-electron chi connectivity index (χ0n) is 12.5. The number of carbonyl (C=O) groups excluding carboxylic acids is 2. The highest BCUT2D eigenvalue weighted by Gasteiger charge is 2.22. The predicted octanol–water partition coefficient (Wildman–Crippen LogP) is 2.77. The van der Waals surface area contributed by atoms with E-state index in [1.807, 2.05) is 38.1 Å². The van der Waals surface area contributed by atoms with Crippen molar-refractivity contribution in [1.82, 2.24) is 4.90 Å². The van der Waals surface area contributed by atoms with Crippen LogP contribution >= 0.6 is 0 Å². The molecule has 1 amide bonds. The first kappa shape index (κ1) is 15.1. The molecule has 0 fully saturated rings. The molecule has 5 nitrogen and oxygen atoms in total. The van der Waals surface area contributed by atoms with E-state index in [0.29, 0.717) is 24.4 Å². The molecule has 1 aromatic carbocycles. The molecular formula is C16H19NO4. The smallest absolute Gasteiger partial charge is 0.307 e. The van der Waals surface area contributed by atoms with Gasteiger partial charge in [-0.2, -0.15) is 0 Å². The summed E-state index contributed by atoms with van der Waals surface area (Å²) in [5, 5.41) is 0.935. The van der Waals surface area contributed by atoms with Crippen molar-refractivity contribution < 1.29 is 18.7 Å². The van der Waals surface area contributed by atoms with Crippen molar-refractivity contribution in [3.63, 3.8) is 0 Å². The van der Waals surface area contributed by atoms with E-state index in [4.69, 9.17) is 4.42 Å². The van der Waals surface area contributed by atoms with Gasteiger partial charge in [0.05, 0.1) is 13.5 Å². The van der Waals surface area contributed by atoms with Crippen LogP contribution in [0.3, 0.4) is 0 Å². The molecule has 1 heterocycles. The zero-order chi connectivity index (χ0) is 15.4. The van der Waals surface area contributed by atoms with Gasteiger partial charge in [-0.05, 0) is 19.9 Å². The van der Waals surface area contributed by atoms with E-state index < -0.39 is 0 Å². The van der Waals surface area contributed by atoms with Crippen LogP contribution in [0, 0.1) is 6.92 Å². The number of carbonyl (C=O) groups is 2. The topological polar surface area (TPSA) is 59.8 Å². The number of hydrogen-bond donors (Lipinski definition) is 0. The number of methoxy groups -OCH3 is 1. The van der Waals surface area contributed by atoms with Crippen LogP contribution < -0.4 is 0 Å². The predicted molar refractivity (Wildman–Crippen MR) is 79.2 cm³/mol. The number of hydrogen-bond acceptors (Lipinski definition) is 4. The maximum Gasteiger partial charge on any atom is 0.307 e. The van der Waals surface area contributed by atoms with Crippen molar-refractivity contribution in [1.29, 1.82) is 0 Å². The summed E-state index contributed by atoms with van der Waals surface area (Å²) in [6.07, 6.45) is 0.176. The molecule has 2 rings (SSSR count). The second-order valence-corrected chi connectivity index (χ2v) is 4.76. The van der Waals surface area contributed by atoms with Gasteiger partial charge in [0.15, 0.2) is 5.76 Å². The van der Waals surface area contributed by atoms with Crippen molar-refractivity contribution >= 4 is 22.8 Å². The zero-order valence-corrected chi connectivity index (χ0v) is 12.5. The van der Waals surface area contributed by atoms with E-state index in [1.165, 1.54) is 7.11 Å². The Kier molecular flexibility index (Phi) is 4.62. The largest absolute Gasteiger partial charge is 0.469 e. The Labute approximate surface area is 123 Å². The number of aryl methyl sites for hydroxylation is 1. The highest BCUT2D eigenvalue weighted by atomic mass is 16.5. The molecule has 21 heavy (non-hydrogen) atoms. The van der Waals surface area contributed by atoms with Gasteiger partial charge in [0, 0.05) is 24.0 Å². The average Bonchev–Trinajstić information content (AvgIpc) is 2.85. The number of benzene rings is 1. The number of ether oxygens (including phenoxy) is 1. The maximum atomic E-state index is 12.5. The number of furan rings is 1. The molecule has 0 radical (unpaired) electrons. The quantitative estimate of drug-likeness (QED) is 0.794. The first-order valence-corrected chi connectivity index (χ1v) is 6.92. The first-order chi connectivity index (χ1) is 10.1. The van der Waals surface area contributed by atoms with Crippen LogP contribution in [0.4, 0.5) is 0 Å². The molecule has 5 heteroatoms. The minimum atomic E-state index is -0.331. The van der Waals surface area contributed by atoms with E-state index in [0.717, 1.165) is 10.9 Å². The lowest BCUT2D eigenvalue weighted by molar-refractivity contribution is -0.140. The van der Waals surface area contributed by atoms with Crippen molar-refractivity contribution in [2.24, 2.45) is 0 Å². The normalized spacial score (nSPS) is 10.6. The van der Waals surface area contributed by atoms with Crippen LogP contribution in [-0.2, 0) is 9.53 Å². The average molecular weight is 289 g/mol. The fraction of sp³-hybridized carbons (Fsp3) is 0.375. The summed E-state index contributed by atoms with van der Waals surface area (Å²) in [5.41, 5.74) is 1.52. The molecule has 0 spiro atoms. The van der Waals surface area contributed by atoms with Crippen molar-refractivity contribution in [3.05, 3.63) is 35.6 Å². The molecule has 1 aromatic heterocycles. The van der Waals surface area contributed by atoms with Crippen LogP contribution in [0.5, 0.6) is 0 Å². The van der Waals surface area contributed by atoms with Gasteiger partial charge < -0.3 is 14.1 Å². The molecule has 0 saturated carbocycles. The fourth-order valence-electron chi connectivity index (χ4n) is 2.25. The molecule has 0 unspecified atom stereocenters. The lowest BCUT2D eigenvalue weighted by atomic mass is 10.1. The summed E-state index contributed by atoms with van der Waals surface area (Å²) >= 11 is 0. The molecule has 0 saturated heterocycles. The third-order valence-electron chi connectivity index (χ3n) is 3.52. The van der Waals surface area contributed by atoms with Gasteiger partial charge in [-0.1, -0.05) is 18.2 Å². The third kappa shape index (κ3) is 3.07. The summed E-state index contributed by atoms with van der Waals surface area (Å²) in [4.78, 5) is 25.3. The standard InChI is InChI=1S/C16H19NO4/c1-4-17(10-9-14(18)20-3)16(19)15-11(2)12-7-5-6-8-13(12)21-15/h5-8H,4,9-10H2,1-3H3. The highest BCUT2D eigenvalue weighted by Crippen LogP contribution is 2.25. The number of amides is 1. The Morgan fingerprint density at radius 3 is 2.62 bits per heavy atom. The number of nitrogens with zero attached hydrogens (tertiary/aromatic N) is 1. The van der Waals surface area contributed by atoms with Crippen LogP contribution in [-0.4, -0.2) is 37.0 Å². The maximum absolute atomic E-state index is 12.5. The van der Waals surface area contributed by atoms with Gasteiger partial charge in [-0.15, -0.1) is 0 Å². The van der Waals surface area contributed by atoms with Crippen molar-refractivity contribution in [3.8, 4) is 0 Å². The monoisotopic (exact) mass is 289 g/mol. The molecule has 112 valence electrons. The fourth-order valence-corrected chi connectivity index (χ4v) is 2.25. The van der Waals surface area contributed by atoms with E-state index in [2.05, 4.69) is 4.74 Å².